The average Bonchev–Trinajstić information content (AvgIpc) is 2.49. The number of rotatable bonds is 6. The van der Waals surface area contributed by atoms with Crippen LogP contribution in [0.15, 0.2) is 30.6 Å². The number of nitrogens with one attached hydrogen (secondary N) is 1. The highest BCUT2D eigenvalue weighted by Crippen LogP contribution is 2.26. The van der Waals surface area contributed by atoms with Gasteiger partial charge in [-0.15, -0.1) is 0 Å². The molecule has 0 fully saturated rings. The molecular weight excluding hydrogens is 262 g/mol. The number of ether oxygens (including phenoxy) is 1. The van der Waals surface area contributed by atoms with Crippen LogP contribution in [0.5, 0.6) is 5.75 Å². The van der Waals surface area contributed by atoms with Crippen LogP contribution in [0, 0.1) is 13.8 Å². The van der Waals surface area contributed by atoms with Crippen LogP contribution in [0.3, 0.4) is 0 Å². The second kappa shape index (κ2) is 7.18. The number of nitrogens with zero attached hydrogens (tertiary/aromatic N) is 2. The molecule has 0 aliphatic rings. The Bertz CT molecular complexity index is 598. The molecule has 0 aromatic carbocycles. The van der Waals surface area contributed by atoms with Gasteiger partial charge in [-0.1, -0.05) is 13.0 Å². The quantitative estimate of drug-likeness (QED) is 0.885. The van der Waals surface area contributed by atoms with Gasteiger partial charge in [-0.3, -0.25) is 9.97 Å². The number of methoxy groups -OCH3 is 1. The summed E-state index contributed by atoms with van der Waals surface area (Å²) in [5.74, 6) is 0.772. The zero-order valence-electron chi connectivity index (χ0n) is 13.2. The lowest BCUT2D eigenvalue weighted by Crippen LogP contribution is -2.24. The summed E-state index contributed by atoms with van der Waals surface area (Å²) in [6.07, 6.45) is 4.68. The highest BCUT2D eigenvalue weighted by molar-refractivity contribution is 5.36. The standard InChI is InChI=1S/C17H23N3O/c1-5-8-19-17(14-9-15(21-4)11-18-10-14)16-7-6-12(2)20-13(16)3/h6-7,9-11,17,19H,5,8H2,1-4H3. The Kier molecular flexibility index (Phi) is 5.28. The van der Waals surface area contributed by atoms with Crippen LogP contribution in [0.25, 0.3) is 0 Å². The molecule has 112 valence electrons. The van der Waals surface area contributed by atoms with Gasteiger partial charge in [0.05, 0.1) is 19.3 Å². The van der Waals surface area contributed by atoms with Crippen molar-refractivity contribution in [2.24, 2.45) is 0 Å². The second-order valence-corrected chi connectivity index (χ2v) is 5.17. The first-order chi connectivity index (χ1) is 10.2. The molecule has 0 saturated heterocycles. The van der Waals surface area contributed by atoms with Gasteiger partial charge in [-0.25, -0.2) is 0 Å². The number of hydrogen-bond acceptors (Lipinski definition) is 4. The predicted molar refractivity (Wildman–Crippen MR) is 84.6 cm³/mol. The molecule has 0 radical (unpaired) electrons. The molecule has 0 aliphatic carbocycles. The summed E-state index contributed by atoms with van der Waals surface area (Å²) in [7, 11) is 1.66. The second-order valence-electron chi connectivity index (χ2n) is 5.17. The van der Waals surface area contributed by atoms with E-state index in [2.05, 4.69) is 41.3 Å². The van der Waals surface area contributed by atoms with Crippen LogP contribution in [0.1, 0.15) is 41.9 Å². The summed E-state index contributed by atoms with van der Waals surface area (Å²) >= 11 is 0. The topological polar surface area (TPSA) is 47.0 Å². The van der Waals surface area contributed by atoms with Gasteiger partial charge in [-0.2, -0.15) is 0 Å². The summed E-state index contributed by atoms with van der Waals surface area (Å²) in [5.41, 5.74) is 4.36. The first-order valence-corrected chi connectivity index (χ1v) is 7.32. The van der Waals surface area contributed by atoms with Gasteiger partial charge < -0.3 is 10.1 Å². The van der Waals surface area contributed by atoms with E-state index in [1.54, 1.807) is 13.3 Å². The molecule has 1 atom stereocenters. The Balaban J connectivity index is 2.41. The van der Waals surface area contributed by atoms with Crippen LogP contribution < -0.4 is 10.1 Å². The molecule has 0 amide bonds. The molecule has 2 heterocycles. The monoisotopic (exact) mass is 285 g/mol. The molecule has 21 heavy (non-hydrogen) atoms. The van der Waals surface area contributed by atoms with Gasteiger partial charge in [0, 0.05) is 17.6 Å². The molecule has 0 spiro atoms. The smallest absolute Gasteiger partial charge is 0.137 e. The van der Waals surface area contributed by atoms with Crippen molar-refractivity contribution in [1.82, 2.24) is 15.3 Å². The summed E-state index contributed by atoms with van der Waals surface area (Å²) in [6.45, 7) is 7.16. The van der Waals surface area contributed by atoms with Crippen molar-refractivity contribution in [3.8, 4) is 5.75 Å². The summed E-state index contributed by atoms with van der Waals surface area (Å²) < 4.78 is 5.29. The molecule has 4 nitrogen and oxygen atoms in total. The van der Waals surface area contributed by atoms with Gasteiger partial charge in [0.15, 0.2) is 0 Å². The van der Waals surface area contributed by atoms with E-state index in [9.17, 15) is 0 Å². The van der Waals surface area contributed by atoms with Crippen LogP contribution in [0.4, 0.5) is 0 Å². The maximum absolute atomic E-state index is 5.29. The van der Waals surface area contributed by atoms with E-state index in [4.69, 9.17) is 4.74 Å². The van der Waals surface area contributed by atoms with E-state index in [0.717, 1.165) is 35.7 Å². The van der Waals surface area contributed by atoms with Crippen molar-refractivity contribution in [1.29, 1.82) is 0 Å². The molecule has 4 heteroatoms. The maximum atomic E-state index is 5.29. The minimum atomic E-state index is 0.0839. The van der Waals surface area contributed by atoms with E-state index in [-0.39, 0.29) is 6.04 Å². The molecule has 2 aromatic heterocycles. The first kappa shape index (κ1) is 15.4. The third-order valence-electron chi connectivity index (χ3n) is 3.48. The van der Waals surface area contributed by atoms with Crippen molar-refractivity contribution in [2.45, 2.75) is 33.2 Å². The van der Waals surface area contributed by atoms with Crippen LogP contribution in [-0.2, 0) is 0 Å². The molecule has 1 unspecified atom stereocenters. The van der Waals surface area contributed by atoms with Crippen molar-refractivity contribution >= 4 is 0 Å². The summed E-state index contributed by atoms with van der Waals surface area (Å²) in [5, 5.41) is 3.58. The Morgan fingerprint density at radius 2 is 2.05 bits per heavy atom. The van der Waals surface area contributed by atoms with Crippen LogP contribution in [0.2, 0.25) is 0 Å². The van der Waals surface area contributed by atoms with E-state index < -0.39 is 0 Å². The van der Waals surface area contributed by atoms with Crippen molar-refractivity contribution < 1.29 is 4.74 Å². The zero-order valence-corrected chi connectivity index (χ0v) is 13.2. The van der Waals surface area contributed by atoms with Gasteiger partial charge in [-0.05, 0) is 50.1 Å². The molecular formula is C17H23N3O. The summed E-state index contributed by atoms with van der Waals surface area (Å²) in [6, 6.07) is 6.31. The predicted octanol–water partition coefficient (Wildman–Crippen LogP) is 3.19. The molecule has 2 aromatic rings. The highest BCUT2D eigenvalue weighted by Gasteiger charge is 2.17. The zero-order chi connectivity index (χ0) is 15.2. The third kappa shape index (κ3) is 3.79. The molecule has 0 saturated carbocycles. The Hall–Kier alpha value is -1.94. The maximum Gasteiger partial charge on any atom is 0.137 e. The molecule has 0 aliphatic heterocycles. The van der Waals surface area contributed by atoms with Crippen LogP contribution >= 0.6 is 0 Å². The fourth-order valence-corrected chi connectivity index (χ4v) is 2.40. The minimum Gasteiger partial charge on any atom is -0.495 e. The molecule has 2 rings (SSSR count). The number of hydrogen-bond donors (Lipinski definition) is 1. The normalized spacial score (nSPS) is 12.2. The Morgan fingerprint density at radius 3 is 2.71 bits per heavy atom. The first-order valence-electron chi connectivity index (χ1n) is 7.32. The van der Waals surface area contributed by atoms with E-state index in [0.29, 0.717) is 0 Å². The Labute approximate surface area is 126 Å². The largest absolute Gasteiger partial charge is 0.495 e. The third-order valence-corrected chi connectivity index (χ3v) is 3.48. The SMILES string of the molecule is CCCNC(c1cncc(OC)c1)c1ccc(C)nc1C. The van der Waals surface area contributed by atoms with Crippen LogP contribution in [-0.4, -0.2) is 23.6 Å². The van der Waals surface area contributed by atoms with E-state index in [1.807, 2.05) is 19.2 Å². The van der Waals surface area contributed by atoms with Gasteiger partial charge in [0.2, 0.25) is 0 Å². The van der Waals surface area contributed by atoms with Crippen molar-refractivity contribution in [3.05, 3.63) is 53.1 Å². The fraction of sp³-hybridized carbons (Fsp3) is 0.412. The summed E-state index contributed by atoms with van der Waals surface area (Å²) in [4.78, 5) is 8.85. The van der Waals surface area contributed by atoms with Crippen molar-refractivity contribution in [2.75, 3.05) is 13.7 Å². The van der Waals surface area contributed by atoms with Gasteiger partial charge in [0.25, 0.3) is 0 Å². The molecule has 0 bridgehead atoms. The Morgan fingerprint density at radius 1 is 1.24 bits per heavy atom. The molecule has 1 N–H and O–H groups in total. The van der Waals surface area contributed by atoms with Gasteiger partial charge in [0.1, 0.15) is 5.75 Å². The van der Waals surface area contributed by atoms with Crippen molar-refractivity contribution in [3.63, 3.8) is 0 Å². The number of aromatic nitrogens is 2. The fourth-order valence-electron chi connectivity index (χ4n) is 2.40. The number of aryl methyl sites for hydroxylation is 2. The number of pyridine rings is 2. The lowest BCUT2D eigenvalue weighted by molar-refractivity contribution is 0.411. The lowest BCUT2D eigenvalue weighted by atomic mass is 9.98. The average molecular weight is 285 g/mol. The van der Waals surface area contributed by atoms with E-state index in [1.165, 1.54) is 5.56 Å². The highest BCUT2D eigenvalue weighted by atomic mass is 16.5. The lowest BCUT2D eigenvalue weighted by Gasteiger charge is -2.21. The minimum absolute atomic E-state index is 0.0839. The van der Waals surface area contributed by atoms with E-state index >= 15 is 0 Å². The van der Waals surface area contributed by atoms with Gasteiger partial charge >= 0.3 is 0 Å².